The predicted octanol–water partition coefficient (Wildman–Crippen LogP) is 2.85. The summed E-state index contributed by atoms with van der Waals surface area (Å²) in [5, 5.41) is 13.1. The third kappa shape index (κ3) is 3.74. The second-order valence-electron chi connectivity index (χ2n) is 5.79. The Hall–Kier alpha value is -1.06. The van der Waals surface area contributed by atoms with Crippen molar-refractivity contribution < 1.29 is 5.11 Å². The molecule has 1 saturated heterocycles. The van der Waals surface area contributed by atoms with Gasteiger partial charge in [0, 0.05) is 18.8 Å². The maximum atomic E-state index is 9.71. The van der Waals surface area contributed by atoms with Crippen LogP contribution in [-0.2, 0) is 6.54 Å². The normalized spacial score (nSPS) is 19.9. The summed E-state index contributed by atoms with van der Waals surface area (Å²) in [6.45, 7) is 7.49. The van der Waals surface area contributed by atoms with E-state index in [0.717, 1.165) is 26.1 Å². The molecule has 2 N–H and O–H groups in total. The molecule has 1 aliphatic rings. The molecule has 1 aromatic carbocycles. The number of nitrogens with zero attached hydrogens (tertiary/aromatic N) is 1. The number of aryl methyl sites for hydroxylation is 1. The third-order valence-electron chi connectivity index (χ3n) is 4.20. The first-order valence-electron chi connectivity index (χ1n) is 7.94. The first-order chi connectivity index (χ1) is 9.76. The number of benzene rings is 1. The molecule has 112 valence electrons. The molecule has 20 heavy (non-hydrogen) atoms. The van der Waals surface area contributed by atoms with Crippen LogP contribution in [-0.4, -0.2) is 30.8 Å². The zero-order valence-electron chi connectivity index (χ0n) is 12.9. The van der Waals surface area contributed by atoms with Crippen molar-refractivity contribution in [1.82, 2.24) is 5.32 Å². The molecule has 1 heterocycles. The van der Waals surface area contributed by atoms with Crippen LogP contribution in [0.3, 0.4) is 0 Å². The van der Waals surface area contributed by atoms with Gasteiger partial charge in [0.05, 0.1) is 12.6 Å². The topological polar surface area (TPSA) is 35.5 Å². The van der Waals surface area contributed by atoms with Crippen molar-refractivity contribution in [2.75, 3.05) is 24.6 Å². The molecule has 0 aromatic heterocycles. The fourth-order valence-electron chi connectivity index (χ4n) is 3.08. The predicted molar refractivity (Wildman–Crippen MR) is 85.2 cm³/mol. The molecular weight excluding hydrogens is 248 g/mol. The molecule has 1 aliphatic heterocycles. The minimum Gasteiger partial charge on any atom is -0.394 e. The molecule has 0 spiro atoms. The summed E-state index contributed by atoms with van der Waals surface area (Å²) in [5.74, 6) is 0. The number of anilines is 1. The molecule has 3 nitrogen and oxygen atoms in total. The van der Waals surface area contributed by atoms with E-state index in [1.807, 2.05) is 0 Å². The summed E-state index contributed by atoms with van der Waals surface area (Å²) in [7, 11) is 0. The van der Waals surface area contributed by atoms with Crippen LogP contribution < -0.4 is 10.2 Å². The summed E-state index contributed by atoms with van der Waals surface area (Å²) in [5.41, 5.74) is 3.96. The molecule has 0 radical (unpaired) electrons. The molecule has 1 unspecified atom stereocenters. The summed E-state index contributed by atoms with van der Waals surface area (Å²) in [6.07, 6.45) is 4.84. The number of rotatable bonds is 5. The fourth-order valence-corrected chi connectivity index (χ4v) is 3.08. The van der Waals surface area contributed by atoms with Gasteiger partial charge in [-0.15, -0.1) is 0 Å². The van der Waals surface area contributed by atoms with Crippen LogP contribution in [0, 0.1) is 6.92 Å². The van der Waals surface area contributed by atoms with E-state index in [9.17, 15) is 5.11 Å². The molecule has 2 rings (SSSR count). The van der Waals surface area contributed by atoms with Crippen molar-refractivity contribution in [2.24, 2.45) is 0 Å². The van der Waals surface area contributed by atoms with Gasteiger partial charge in [-0.3, -0.25) is 0 Å². The SMILES string of the molecule is CCNCc1cc(C)ccc1N1CCCCCC1CO. The second kappa shape index (κ2) is 7.65. The number of aliphatic hydroxyl groups excluding tert-OH is 1. The van der Waals surface area contributed by atoms with Gasteiger partial charge in [-0.1, -0.05) is 37.5 Å². The molecule has 3 heteroatoms. The van der Waals surface area contributed by atoms with Gasteiger partial charge in [-0.25, -0.2) is 0 Å². The maximum Gasteiger partial charge on any atom is 0.0635 e. The number of aliphatic hydroxyl groups is 1. The smallest absolute Gasteiger partial charge is 0.0635 e. The van der Waals surface area contributed by atoms with Crippen molar-refractivity contribution in [3.63, 3.8) is 0 Å². The zero-order valence-corrected chi connectivity index (χ0v) is 12.9. The lowest BCUT2D eigenvalue weighted by Crippen LogP contribution is -2.38. The highest BCUT2D eigenvalue weighted by Crippen LogP contribution is 2.28. The average molecular weight is 276 g/mol. The molecule has 0 aliphatic carbocycles. The van der Waals surface area contributed by atoms with E-state index in [2.05, 4.69) is 42.3 Å². The highest BCUT2D eigenvalue weighted by molar-refractivity contribution is 5.56. The van der Waals surface area contributed by atoms with Crippen molar-refractivity contribution in [1.29, 1.82) is 0 Å². The number of nitrogens with one attached hydrogen (secondary N) is 1. The number of hydrogen-bond acceptors (Lipinski definition) is 3. The Morgan fingerprint density at radius 2 is 2.15 bits per heavy atom. The second-order valence-corrected chi connectivity index (χ2v) is 5.79. The Morgan fingerprint density at radius 1 is 1.30 bits per heavy atom. The van der Waals surface area contributed by atoms with Gasteiger partial charge in [0.15, 0.2) is 0 Å². The van der Waals surface area contributed by atoms with Crippen LogP contribution in [0.5, 0.6) is 0 Å². The Balaban J connectivity index is 2.28. The van der Waals surface area contributed by atoms with E-state index < -0.39 is 0 Å². The van der Waals surface area contributed by atoms with Crippen LogP contribution >= 0.6 is 0 Å². The van der Waals surface area contributed by atoms with E-state index in [0.29, 0.717) is 0 Å². The zero-order chi connectivity index (χ0) is 14.4. The van der Waals surface area contributed by atoms with Gasteiger partial charge < -0.3 is 15.3 Å². The van der Waals surface area contributed by atoms with Crippen LogP contribution in [0.25, 0.3) is 0 Å². The van der Waals surface area contributed by atoms with Crippen LogP contribution in [0.4, 0.5) is 5.69 Å². The fraction of sp³-hybridized carbons (Fsp3) is 0.647. The largest absolute Gasteiger partial charge is 0.394 e. The van der Waals surface area contributed by atoms with E-state index in [-0.39, 0.29) is 12.6 Å². The first-order valence-corrected chi connectivity index (χ1v) is 7.94. The molecule has 0 saturated carbocycles. The lowest BCUT2D eigenvalue weighted by molar-refractivity contribution is 0.255. The average Bonchev–Trinajstić information content (AvgIpc) is 2.70. The highest BCUT2D eigenvalue weighted by atomic mass is 16.3. The summed E-state index contributed by atoms with van der Waals surface area (Å²) >= 11 is 0. The van der Waals surface area contributed by atoms with Crippen LogP contribution in [0.15, 0.2) is 18.2 Å². The molecule has 1 atom stereocenters. The van der Waals surface area contributed by atoms with E-state index in [1.165, 1.54) is 36.1 Å². The van der Waals surface area contributed by atoms with Crippen molar-refractivity contribution >= 4 is 5.69 Å². The minimum absolute atomic E-state index is 0.258. The molecule has 0 amide bonds. The minimum atomic E-state index is 0.258. The summed E-state index contributed by atoms with van der Waals surface area (Å²) in [6, 6.07) is 6.97. The van der Waals surface area contributed by atoms with Gasteiger partial charge in [-0.05, 0) is 37.9 Å². The Labute approximate surface area is 123 Å². The van der Waals surface area contributed by atoms with E-state index in [4.69, 9.17) is 0 Å². The van der Waals surface area contributed by atoms with Crippen molar-refractivity contribution in [3.05, 3.63) is 29.3 Å². The Bertz CT molecular complexity index is 419. The van der Waals surface area contributed by atoms with Gasteiger partial charge in [0.25, 0.3) is 0 Å². The number of hydrogen-bond donors (Lipinski definition) is 2. The van der Waals surface area contributed by atoms with Crippen LogP contribution in [0.2, 0.25) is 0 Å². The van der Waals surface area contributed by atoms with Gasteiger partial charge in [-0.2, -0.15) is 0 Å². The molecule has 0 bridgehead atoms. The quantitative estimate of drug-likeness (QED) is 0.868. The van der Waals surface area contributed by atoms with Crippen molar-refractivity contribution in [2.45, 2.75) is 52.1 Å². The van der Waals surface area contributed by atoms with Gasteiger partial charge in [0.1, 0.15) is 0 Å². The molecule has 1 fully saturated rings. The van der Waals surface area contributed by atoms with Gasteiger partial charge in [0.2, 0.25) is 0 Å². The highest BCUT2D eigenvalue weighted by Gasteiger charge is 2.22. The Morgan fingerprint density at radius 3 is 2.90 bits per heavy atom. The first kappa shape index (κ1) is 15.3. The third-order valence-corrected chi connectivity index (χ3v) is 4.20. The van der Waals surface area contributed by atoms with Crippen molar-refractivity contribution in [3.8, 4) is 0 Å². The Kier molecular flexibility index (Phi) is 5.86. The lowest BCUT2D eigenvalue weighted by Gasteiger charge is -2.33. The van der Waals surface area contributed by atoms with E-state index in [1.54, 1.807) is 0 Å². The molecular formula is C17H28N2O. The lowest BCUT2D eigenvalue weighted by atomic mass is 10.1. The maximum absolute atomic E-state index is 9.71. The van der Waals surface area contributed by atoms with Crippen LogP contribution in [0.1, 0.15) is 43.7 Å². The summed E-state index contributed by atoms with van der Waals surface area (Å²) in [4.78, 5) is 2.43. The van der Waals surface area contributed by atoms with E-state index >= 15 is 0 Å². The summed E-state index contributed by atoms with van der Waals surface area (Å²) < 4.78 is 0. The monoisotopic (exact) mass is 276 g/mol. The standard InChI is InChI=1S/C17H28N2O/c1-3-18-12-15-11-14(2)8-9-17(15)19-10-6-4-5-7-16(19)13-20/h8-9,11,16,18,20H,3-7,10,12-13H2,1-2H3. The van der Waals surface area contributed by atoms with Gasteiger partial charge >= 0.3 is 0 Å². The molecule has 1 aromatic rings.